The quantitative estimate of drug-likeness (QED) is 0.422. The van der Waals surface area contributed by atoms with Gasteiger partial charge in [-0.3, -0.25) is 14.2 Å². The Hall–Kier alpha value is -2.96. The van der Waals surface area contributed by atoms with E-state index in [0.29, 0.717) is 21.7 Å². The molecular formula is C23H17BrClN3O2. The summed E-state index contributed by atoms with van der Waals surface area (Å²) in [6, 6.07) is 18.0. The fourth-order valence-corrected chi connectivity index (χ4v) is 3.85. The number of nitrogens with zero attached hydrogens (tertiary/aromatic N) is 2. The Labute approximate surface area is 186 Å². The molecule has 0 aliphatic heterocycles. The van der Waals surface area contributed by atoms with Crippen molar-refractivity contribution in [3.63, 3.8) is 0 Å². The van der Waals surface area contributed by atoms with Gasteiger partial charge in [-0.25, -0.2) is 4.98 Å². The standard InChI is InChI=1S/C23H17BrClN3O2/c1-14-11-17(24)6-9-20(14)27-22(29)19-12-16-3-2-10-26-21(16)28(23(19)30)13-15-4-7-18(25)8-5-15/h2-12H,13H2,1H3,(H,27,29). The topological polar surface area (TPSA) is 64.0 Å². The first-order valence-corrected chi connectivity index (χ1v) is 10.4. The lowest BCUT2D eigenvalue weighted by molar-refractivity contribution is 0.102. The van der Waals surface area contributed by atoms with Crippen molar-refractivity contribution in [1.82, 2.24) is 9.55 Å². The highest BCUT2D eigenvalue weighted by Crippen LogP contribution is 2.21. The molecule has 5 nitrogen and oxygen atoms in total. The summed E-state index contributed by atoms with van der Waals surface area (Å²) in [6.45, 7) is 2.17. The molecule has 1 N–H and O–H groups in total. The van der Waals surface area contributed by atoms with Crippen LogP contribution in [0.3, 0.4) is 0 Å². The van der Waals surface area contributed by atoms with Crippen LogP contribution in [-0.2, 0) is 6.54 Å². The number of fused-ring (bicyclic) bond motifs is 1. The highest BCUT2D eigenvalue weighted by atomic mass is 79.9. The molecule has 0 radical (unpaired) electrons. The summed E-state index contributed by atoms with van der Waals surface area (Å²) >= 11 is 9.38. The minimum absolute atomic E-state index is 0.0618. The number of amides is 1. The van der Waals surface area contributed by atoms with Crippen molar-refractivity contribution in [3.05, 3.63) is 103 Å². The maximum Gasteiger partial charge on any atom is 0.265 e. The molecule has 0 saturated heterocycles. The number of rotatable bonds is 4. The van der Waals surface area contributed by atoms with Crippen LogP contribution in [-0.4, -0.2) is 15.5 Å². The van der Waals surface area contributed by atoms with E-state index >= 15 is 0 Å². The second kappa shape index (κ2) is 8.42. The number of anilines is 1. The van der Waals surface area contributed by atoms with Crippen molar-refractivity contribution in [2.75, 3.05) is 5.32 Å². The van der Waals surface area contributed by atoms with Crippen molar-refractivity contribution in [2.24, 2.45) is 0 Å². The summed E-state index contributed by atoms with van der Waals surface area (Å²) in [5.74, 6) is -0.457. The minimum Gasteiger partial charge on any atom is -0.322 e. The maximum absolute atomic E-state index is 13.3. The summed E-state index contributed by atoms with van der Waals surface area (Å²) < 4.78 is 2.43. The lowest BCUT2D eigenvalue weighted by atomic mass is 10.1. The zero-order valence-electron chi connectivity index (χ0n) is 16.0. The van der Waals surface area contributed by atoms with Gasteiger partial charge in [0.05, 0.1) is 6.54 Å². The van der Waals surface area contributed by atoms with Crippen LogP contribution in [0.4, 0.5) is 5.69 Å². The van der Waals surface area contributed by atoms with Gasteiger partial charge in [0.1, 0.15) is 11.2 Å². The molecule has 0 fully saturated rings. The van der Waals surface area contributed by atoms with E-state index in [1.165, 1.54) is 4.57 Å². The Balaban J connectivity index is 1.78. The van der Waals surface area contributed by atoms with E-state index in [9.17, 15) is 9.59 Å². The molecule has 0 saturated carbocycles. The van der Waals surface area contributed by atoms with Crippen molar-refractivity contribution < 1.29 is 4.79 Å². The molecule has 0 aliphatic rings. The Morgan fingerprint density at radius 3 is 2.63 bits per heavy atom. The van der Waals surface area contributed by atoms with Crippen molar-refractivity contribution in [2.45, 2.75) is 13.5 Å². The third-order valence-corrected chi connectivity index (χ3v) is 5.53. The van der Waals surface area contributed by atoms with E-state index < -0.39 is 11.5 Å². The first kappa shape index (κ1) is 20.3. The molecule has 2 aromatic carbocycles. The van der Waals surface area contributed by atoms with Crippen LogP contribution in [0.15, 0.2) is 76.1 Å². The average molecular weight is 483 g/mol. The van der Waals surface area contributed by atoms with E-state index in [2.05, 4.69) is 26.2 Å². The van der Waals surface area contributed by atoms with Gasteiger partial charge >= 0.3 is 0 Å². The molecule has 30 heavy (non-hydrogen) atoms. The SMILES string of the molecule is Cc1cc(Br)ccc1NC(=O)c1cc2cccnc2n(Cc2ccc(Cl)cc2)c1=O. The fraction of sp³-hybridized carbons (Fsp3) is 0.0870. The van der Waals surface area contributed by atoms with Crippen molar-refractivity contribution in [1.29, 1.82) is 0 Å². The predicted molar refractivity (Wildman–Crippen MR) is 123 cm³/mol. The largest absolute Gasteiger partial charge is 0.322 e. The maximum atomic E-state index is 13.3. The predicted octanol–water partition coefficient (Wildman–Crippen LogP) is 5.42. The highest BCUT2D eigenvalue weighted by Gasteiger charge is 2.17. The number of carbonyl (C=O) groups is 1. The number of nitrogens with one attached hydrogen (secondary N) is 1. The van der Waals surface area contributed by atoms with Gasteiger partial charge in [0, 0.05) is 26.8 Å². The number of pyridine rings is 2. The first-order chi connectivity index (χ1) is 14.4. The number of aryl methyl sites for hydroxylation is 1. The molecule has 0 spiro atoms. The van der Waals surface area contributed by atoms with Gasteiger partial charge in [0.2, 0.25) is 0 Å². The van der Waals surface area contributed by atoms with Crippen LogP contribution in [0.5, 0.6) is 0 Å². The normalized spacial score (nSPS) is 10.9. The number of hydrogen-bond donors (Lipinski definition) is 1. The number of aromatic nitrogens is 2. The summed E-state index contributed by atoms with van der Waals surface area (Å²) in [5, 5.41) is 4.18. The zero-order valence-corrected chi connectivity index (χ0v) is 18.4. The molecule has 2 aromatic heterocycles. The number of hydrogen-bond acceptors (Lipinski definition) is 3. The van der Waals surface area contributed by atoms with E-state index in [1.54, 1.807) is 36.5 Å². The summed E-state index contributed by atoms with van der Waals surface area (Å²) in [6.07, 6.45) is 1.63. The van der Waals surface area contributed by atoms with Gasteiger partial charge in [-0.2, -0.15) is 0 Å². The van der Waals surface area contributed by atoms with Crippen LogP contribution >= 0.6 is 27.5 Å². The number of carbonyl (C=O) groups excluding carboxylic acids is 1. The Morgan fingerprint density at radius 2 is 1.90 bits per heavy atom. The van der Waals surface area contributed by atoms with Gasteiger partial charge < -0.3 is 5.32 Å². The molecule has 1 amide bonds. The molecule has 0 bridgehead atoms. The Morgan fingerprint density at radius 1 is 1.13 bits per heavy atom. The van der Waals surface area contributed by atoms with E-state index in [0.717, 1.165) is 15.6 Å². The van der Waals surface area contributed by atoms with Crippen LogP contribution in [0.25, 0.3) is 11.0 Å². The van der Waals surface area contributed by atoms with Crippen LogP contribution in [0, 0.1) is 6.92 Å². The summed E-state index contributed by atoms with van der Waals surface area (Å²) in [5.41, 5.74) is 2.61. The molecule has 0 atom stereocenters. The van der Waals surface area contributed by atoms with E-state index in [4.69, 9.17) is 11.6 Å². The summed E-state index contributed by atoms with van der Waals surface area (Å²) in [4.78, 5) is 30.6. The molecule has 0 unspecified atom stereocenters. The zero-order chi connectivity index (χ0) is 21.3. The Bertz CT molecular complexity index is 1320. The molecule has 2 heterocycles. The van der Waals surface area contributed by atoms with Gasteiger partial charge in [-0.05, 0) is 66.6 Å². The van der Waals surface area contributed by atoms with Crippen LogP contribution in [0.2, 0.25) is 5.02 Å². The van der Waals surface area contributed by atoms with Crippen molar-refractivity contribution in [3.8, 4) is 0 Å². The summed E-state index contributed by atoms with van der Waals surface area (Å²) in [7, 11) is 0. The Kier molecular flexibility index (Phi) is 5.70. The van der Waals surface area contributed by atoms with Crippen LogP contribution < -0.4 is 10.9 Å². The lowest BCUT2D eigenvalue weighted by Gasteiger charge is -2.13. The lowest BCUT2D eigenvalue weighted by Crippen LogP contribution is -2.30. The molecular weight excluding hydrogens is 466 g/mol. The van der Waals surface area contributed by atoms with Gasteiger partial charge in [0.15, 0.2) is 0 Å². The van der Waals surface area contributed by atoms with E-state index in [-0.39, 0.29) is 12.1 Å². The molecule has 7 heteroatoms. The smallest absolute Gasteiger partial charge is 0.265 e. The minimum atomic E-state index is -0.457. The second-order valence-corrected chi connectivity index (χ2v) is 8.26. The third kappa shape index (κ3) is 4.15. The monoisotopic (exact) mass is 481 g/mol. The van der Waals surface area contributed by atoms with E-state index in [1.807, 2.05) is 37.3 Å². The van der Waals surface area contributed by atoms with Gasteiger partial charge in [0.25, 0.3) is 11.5 Å². The second-order valence-electron chi connectivity index (χ2n) is 6.91. The van der Waals surface area contributed by atoms with Crippen LogP contribution in [0.1, 0.15) is 21.5 Å². The van der Waals surface area contributed by atoms with Crippen molar-refractivity contribution >= 4 is 50.2 Å². The fourth-order valence-electron chi connectivity index (χ4n) is 3.25. The average Bonchev–Trinajstić information content (AvgIpc) is 2.73. The molecule has 4 aromatic rings. The van der Waals surface area contributed by atoms with Gasteiger partial charge in [-0.1, -0.05) is 39.7 Å². The molecule has 0 aliphatic carbocycles. The third-order valence-electron chi connectivity index (χ3n) is 4.78. The first-order valence-electron chi connectivity index (χ1n) is 9.23. The number of halogens is 2. The highest BCUT2D eigenvalue weighted by molar-refractivity contribution is 9.10. The molecule has 4 rings (SSSR count). The molecule has 150 valence electrons. The van der Waals surface area contributed by atoms with Gasteiger partial charge in [-0.15, -0.1) is 0 Å². The number of benzene rings is 2.